The van der Waals surface area contributed by atoms with Gasteiger partial charge in [-0.05, 0) is 47.4 Å². The molecule has 0 bridgehead atoms. The van der Waals surface area contributed by atoms with E-state index in [0.717, 1.165) is 36.4 Å². The summed E-state index contributed by atoms with van der Waals surface area (Å²) in [7, 11) is 1.63. The second-order valence-electron chi connectivity index (χ2n) is 5.05. The van der Waals surface area contributed by atoms with Gasteiger partial charge in [0.05, 0.1) is 13.7 Å². The zero-order valence-corrected chi connectivity index (χ0v) is 11.6. The van der Waals surface area contributed by atoms with Crippen molar-refractivity contribution in [3.8, 4) is 16.9 Å². The Hall–Kier alpha value is -1.84. The molecule has 0 spiro atoms. The fourth-order valence-corrected chi connectivity index (χ4v) is 2.87. The van der Waals surface area contributed by atoms with Gasteiger partial charge in [-0.2, -0.15) is 0 Å². The van der Waals surface area contributed by atoms with Crippen molar-refractivity contribution in [1.82, 2.24) is 5.32 Å². The Morgan fingerprint density at radius 2 is 2.15 bits per heavy atom. The largest absolute Gasteiger partial charge is 0.496 e. The Balaban J connectivity index is 2.09. The van der Waals surface area contributed by atoms with E-state index in [9.17, 15) is 5.11 Å². The third-order valence-corrected chi connectivity index (χ3v) is 3.90. The fraction of sp³-hybridized carbons (Fsp3) is 0.294. The van der Waals surface area contributed by atoms with Crippen LogP contribution in [-0.2, 0) is 19.6 Å². The number of benzene rings is 2. The first-order chi connectivity index (χ1) is 9.83. The highest BCUT2D eigenvalue weighted by atomic mass is 16.5. The molecule has 20 heavy (non-hydrogen) atoms. The molecule has 2 aromatic rings. The van der Waals surface area contributed by atoms with Crippen LogP contribution in [0.3, 0.4) is 0 Å². The van der Waals surface area contributed by atoms with Gasteiger partial charge >= 0.3 is 0 Å². The maximum atomic E-state index is 9.47. The van der Waals surface area contributed by atoms with E-state index >= 15 is 0 Å². The predicted octanol–water partition coefficient (Wildman–Crippen LogP) is 2.50. The van der Waals surface area contributed by atoms with Crippen molar-refractivity contribution in [2.24, 2.45) is 0 Å². The molecule has 1 heterocycles. The molecule has 2 N–H and O–H groups in total. The topological polar surface area (TPSA) is 41.5 Å². The van der Waals surface area contributed by atoms with Crippen LogP contribution in [0.25, 0.3) is 11.1 Å². The fourth-order valence-electron chi connectivity index (χ4n) is 2.87. The molecule has 0 radical (unpaired) electrons. The highest BCUT2D eigenvalue weighted by molar-refractivity contribution is 5.70. The van der Waals surface area contributed by atoms with Crippen LogP contribution in [0.5, 0.6) is 5.75 Å². The lowest BCUT2D eigenvalue weighted by Gasteiger charge is -2.21. The van der Waals surface area contributed by atoms with Crippen molar-refractivity contribution in [3.63, 3.8) is 0 Å². The van der Waals surface area contributed by atoms with E-state index in [2.05, 4.69) is 29.6 Å². The van der Waals surface area contributed by atoms with Crippen LogP contribution in [0.4, 0.5) is 0 Å². The molecule has 0 aromatic heterocycles. The van der Waals surface area contributed by atoms with Gasteiger partial charge in [0.15, 0.2) is 0 Å². The lowest BCUT2D eigenvalue weighted by atomic mass is 9.91. The molecule has 0 saturated heterocycles. The zero-order chi connectivity index (χ0) is 13.9. The van der Waals surface area contributed by atoms with Gasteiger partial charge < -0.3 is 15.2 Å². The van der Waals surface area contributed by atoms with Crippen LogP contribution in [0, 0.1) is 0 Å². The van der Waals surface area contributed by atoms with Crippen LogP contribution in [-0.4, -0.2) is 18.8 Å². The Morgan fingerprint density at radius 3 is 2.95 bits per heavy atom. The molecule has 0 unspecified atom stereocenters. The Labute approximate surface area is 119 Å². The third kappa shape index (κ3) is 2.30. The van der Waals surface area contributed by atoms with E-state index in [0.29, 0.717) is 0 Å². The molecule has 0 aliphatic carbocycles. The summed E-state index contributed by atoms with van der Waals surface area (Å²) in [5, 5.41) is 12.9. The van der Waals surface area contributed by atoms with E-state index in [4.69, 9.17) is 4.74 Å². The maximum absolute atomic E-state index is 9.47. The SMILES string of the molecule is COc1ccc(-c2cccc3c2CCNC3)cc1CO. The number of rotatable bonds is 3. The van der Waals surface area contributed by atoms with Crippen molar-refractivity contribution >= 4 is 0 Å². The number of aliphatic hydroxyl groups excluding tert-OH is 1. The lowest BCUT2D eigenvalue weighted by molar-refractivity contribution is 0.274. The van der Waals surface area contributed by atoms with E-state index in [1.54, 1.807) is 7.11 Å². The van der Waals surface area contributed by atoms with Gasteiger partial charge in [-0.1, -0.05) is 24.3 Å². The number of fused-ring (bicyclic) bond motifs is 1. The number of aliphatic hydroxyl groups is 1. The molecular weight excluding hydrogens is 250 g/mol. The Kier molecular flexibility index (Phi) is 3.72. The predicted molar refractivity (Wildman–Crippen MR) is 79.8 cm³/mol. The minimum atomic E-state index is -0.00636. The molecule has 0 saturated carbocycles. The van der Waals surface area contributed by atoms with Crippen LogP contribution in [0.2, 0.25) is 0 Å². The second kappa shape index (κ2) is 5.65. The summed E-state index contributed by atoms with van der Waals surface area (Å²) in [6.07, 6.45) is 1.05. The molecule has 3 nitrogen and oxygen atoms in total. The molecular formula is C17H19NO2. The molecule has 3 heteroatoms. The van der Waals surface area contributed by atoms with Gasteiger partial charge in [-0.15, -0.1) is 0 Å². The number of nitrogens with one attached hydrogen (secondary N) is 1. The molecule has 1 aliphatic heterocycles. The molecule has 0 amide bonds. The molecule has 0 fully saturated rings. The summed E-state index contributed by atoms with van der Waals surface area (Å²) < 4.78 is 5.27. The molecule has 3 rings (SSSR count). The van der Waals surface area contributed by atoms with Crippen molar-refractivity contribution < 1.29 is 9.84 Å². The maximum Gasteiger partial charge on any atom is 0.124 e. The minimum Gasteiger partial charge on any atom is -0.496 e. The standard InChI is InChI=1S/C17H19NO2/c1-20-17-6-5-12(9-14(17)11-19)15-4-2-3-13-10-18-8-7-16(13)15/h2-6,9,18-19H,7-8,10-11H2,1H3. The van der Waals surface area contributed by atoms with Crippen molar-refractivity contribution in [3.05, 3.63) is 53.1 Å². The Morgan fingerprint density at radius 1 is 1.25 bits per heavy atom. The average Bonchev–Trinajstić information content (AvgIpc) is 2.53. The summed E-state index contributed by atoms with van der Waals surface area (Å²) in [5.41, 5.74) is 6.03. The highest BCUT2D eigenvalue weighted by Crippen LogP contribution is 2.31. The molecule has 104 valence electrons. The van der Waals surface area contributed by atoms with Gasteiger partial charge in [0, 0.05) is 12.1 Å². The summed E-state index contributed by atoms with van der Waals surface area (Å²) in [6.45, 7) is 1.95. The first-order valence-electron chi connectivity index (χ1n) is 6.93. The van der Waals surface area contributed by atoms with E-state index < -0.39 is 0 Å². The lowest BCUT2D eigenvalue weighted by Crippen LogP contribution is -2.24. The van der Waals surface area contributed by atoms with E-state index in [-0.39, 0.29) is 6.61 Å². The normalized spacial score (nSPS) is 13.9. The van der Waals surface area contributed by atoms with Gasteiger partial charge in [-0.25, -0.2) is 0 Å². The number of hydrogen-bond acceptors (Lipinski definition) is 3. The minimum absolute atomic E-state index is 0.00636. The summed E-state index contributed by atoms with van der Waals surface area (Å²) >= 11 is 0. The molecule has 0 atom stereocenters. The van der Waals surface area contributed by atoms with Gasteiger partial charge in [0.2, 0.25) is 0 Å². The molecule has 1 aliphatic rings. The Bertz CT molecular complexity index is 622. The van der Waals surface area contributed by atoms with Crippen LogP contribution < -0.4 is 10.1 Å². The molecule has 2 aromatic carbocycles. The number of methoxy groups -OCH3 is 1. The first-order valence-corrected chi connectivity index (χ1v) is 6.93. The summed E-state index contributed by atoms with van der Waals surface area (Å²) in [5.74, 6) is 0.739. The summed E-state index contributed by atoms with van der Waals surface area (Å²) in [4.78, 5) is 0. The van der Waals surface area contributed by atoms with Gasteiger partial charge in [0.25, 0.3) is 0 Å². The van der Waals surface area contributed by atoms with Crippen LogP contribution >= 0.6 is 0 Å². The zero-order valence-electron chi connectivity index (χ0n) is 11.6. The first kappa shape index (κ1) is 13.2. The van der Waals surface area contributed by atoms with Crippen molar-refractivity contribution in [2.45, 2.75) is 19.6 Å². The van der Waals surface area contributed by atoms with E-state index in [1.165, 1.54) is 16.7 Å². The smallest absolute Gasteiger partial charge is 0.124 e. The van der Waals surface area contributed by atoms with Crippen LogP contribution in [0.15, 0.2) is 36.4 Å². The van der Waals surface area contributed by atoms with Crippen LogP contribution in [0.1, 0.15) is 16.7 Å². The third-order valence-electron chi connectivity index (χ3n) is 3.90. The number of hydrogen-bond donors (Lipinski definition) is 2. The van der Waals surface area contributed by atoms with Gasteiger partial charge in [0.1, 0.15) is 5.75 Å². The quantitative estimate of drug-likeness (QED) is 0.899. The summed E-state index contributed by atoms with van der Waals surface area (Å²) in [6, 6.07) is 12.5. The average molecular weight is 269 g/mol. The number of ether oxygens (including phenoxy) is 1. The highest BCUT2D eigenvalue weighted by Gasteiger charge is 2.14. The monoisotopic (exact) mass is 269 g/mol. The van der Waals surface area contributed by atoms with Crippen molar-refractivity contribution in [1.29, 1.82) is 0 Å². The van der Waals surface area contributed by atoms with E-state index in [1.807, 2.05) is 12.1 Å². The second-order valence-corrected chi connectivity index (χ2v) is 5.05. The van der Waals surface area contributed by atoms with Crippen molar-refractivity contribution in [2.75, 3.05) is 13.7 Å². The van der Waals surface area contributed by atoms with Gasteiger partial charge in [-0.3, -0.25) is 0 Å².